The molecule has 0 spiro atoms. The second-order valence-corrected chi connectivity index (χ2v) is 8.48. The van der Waals surface area contributed by atoms with Gasteiger partial charge in [-0.2, -0.15) is 0 Å². The number of carbonyl (C=O) groups excluding carboxylic acids is 1. The molecule has 3 aromatic rings. The molecule has 0 radical (unpaired) electrons. The van der Waals surface area contributed by atoms with E-state index >= 15 is 0 Å². The van der Waals surface area contributed by atoms with Gasteiger partial charge < -0.3 is 19.1 Å². The Morgan fingerprint density at radius 1 is 1.09 bits per heavy atom. The van der Waals surface area contributed by atoms with Crippen LogP contribution in [0.5, 0.6) is 0 Å². The first-order valence-corrected chi connectivity index (χ1v) is 11.0. The normalized spacial score (nSPS) is 14.0. The summed E-state index contributed by atoms with van der Waals surface area (Å²) in [6, 6.07) is 12.0. The van der Waals surface area contributed by atoms with Crippen molar-refractivity contribution >= 4 is 11.8 Å². The van der Waals surface area contributed by atoms with Crippen molar-refractivity contribution in [3.63, 3.8) is 0 Å². The summed E-state index contributed by atoms with van der Waals surface area (Å²) in [5.74, 6) is -0.613. The van der Waals surface area contributed by atoms with E-state index in [0.29, 0.717) is 55.6 Å². The molecule has 1 saturated heterocycles. The average molecular weight is 456 g/mol. The molecule has 0 aliphatic carbocycles. The molecule has 6 nitrogen and oxygen atoms in total. The third-order valence-electron chi connectivity index (χ3n) is 5.51. The number of hydrogen-bond donors (Lipinski definition) is 0. The van der Waals surface area contributed by atoms with Crippen LogP contribution in [-0.4, -0.2) is 48.8 Å². The lowest BCUT2D eigenvalue weighted by Crippen LogP contribution is -2.38. The van der Waals surface area contributed by atoms with Crippen molar-refractivity contribution in [3.05, 3.63) is 71.3 Å². The third-order valence-corrected chi connectivity index (χ3v) is 5.51. The maximum atomic E-state index is 14.4. The van der Waals surface area contributed by atoms with Crippen LogP contribution in [0.4, 0.5) is 14.7 Å². The first-order valence-electron chi connectivity index (χ1n) is 11.0. The zero-order valence-electron chi connectivity index (χ0n) is 18.8. The van der Waals surface area contributed by atoms with E-state index in [2.05, 4.69) is 5.16 Å². The number of anilines is 1. The van der Waals surface area contributed by atoms with Crippen molar-refractivity contribution in [1.82, 2.24) is 10.1 Å². The number of ether oxygens (including phenoxy) is 1. The summed E-state index contributed by atoms with van der Waals surface area (Å²) < 4.78 is 39.2. The van der Waals surface area contributed by atoms with E-state index in [1.54, 1.807) is 29.2 Å². The number of nitrogens with zero attached hydrogens (tertiary/aromatic N) is 3. The van der Waals surface area contributed by atoms with Gasteiger partial charge in [0.25, 0.3) is 5.91 Å². The molecule has 4 rings (SSSR count). The number of carbonyl (C=O) groups is 1. The highest BCUT2D eigenvalue weighted by atomic mass is 19.1. The molecule has 2 aromatic carbocycles. The molecule has 33 heavy (non-hydrogen) atoms. The van der Waals surface area contributed by atoms with Gasteiger partial charge in [-0.25, -0.2) is 8.78 Å². The van der Waals surface area contributed by atoms with Gasteiger partial charge >= 0.3 is 0 Å². The largest absolute Gasteiger partial charge is 0.378 e. The molecule has 1 amide bonds. The molecule has 0 atom stereocenters. The zero-order chi connectivity index (χ0) is 23.4. The van der Waals surface area contributed by atoms with Gasteiger partial charge in [0.2, 0.25) is 5.88 Å². The van der Waals surface area contributed by atoms with Crippen molar-refractivity contribution in [3.8, 4) is 11.3 Å². The molecule has 8 heteroatoms. The van der Waals surface area contributed by atoms with E-state index in [-0.39, 0.29) is 23.8 Å². The lowest BCUT2D eigenvalue weighted by molar-refractivity contribution is 0.0717. The highest BCUT2D eigenvalue weighted by Gasteiger charge is 2.28. The summed E-state index contributed by atoms with van der Waals surface area (Å²) in [6.07, 6.45) is 0. The number of aromatic nitrogens is 1. The van der Waals surface area contributed by atoms with Gasteiger partial charge in [0.15, 0.2) is 0 Å². The van der Waals surface area contributed by atoms with E-state index < -0.39 is 11.7 Å². The van der Waals surface area contributed by atoms with Crippen LogP contribution in [0.3, 0.4) is 0 Å². The van der Waals surface area contributed by atoms with Gasteiger partial charge in [0.05, 0.1) is 30.9 Å². The molecular weight excluding hydrogens is 428 g/mol. The Bertz CT molecular complexity index is 1090. The van der Waals surface area contributed by atoms with E-state index in [0.717, 1.165) is 0 Å². The fourth-order valence-electron chi connectivity index (χ4n) is 3.95. The van der Waals surface area contributed by atoms with Gasteiger partial charge in [-0.3, -0.25) is 4.79 Å². The number of benzene rings is 2. The van der Waals surface area contributed by atoms with Crippen LogP contribution in [0.15, 0.2) is 53.1 Å². The Balaban J connectivity index is 1.75. The summed E-state index contributed by atoms with van der Waals surface area (Å²) >= 11 is 0. The standard InChI is InChI=1S/C25H27F2N3O3/c1-17(2)15-30(24(31)20-5-3-4-6-22(20)27)16-21-23(18-7-9-19(26)10-8-18)28-33-25(21)29-11-13-32-14-12-29/h3-10,17H,11-16H2,1-2H3. The third kappa shape index (κ3) is 5.22. The van der Waals surface area contributed by atoms with E-state index in [1.807, 2.05) is 18.7 Å². The Labute approximate surface area is 191 Å². The summed E-state index contributed by atoms with van der Waals surface area (Å²) in [4.78, 5) is 17.0. The predicted molar refractivity (Wildman–Crippen MR) is 121 cm³/mol. The second-order valence-electron chi connectivity index (χ2n) is 8.48. The smallest absolute Gasteiger partial charge is 0.257 e. The summed E-state index contributed by atoms with van der Waals surface area (Å²) in [5, 5.41) is 4.28. The Hall–Kier alpha value is -3.26. The Kier molecular flexibility index (Phi) is 7.03. The minimum Gasteiger partial charge on any atom is -0.378 e. The van der Waals surface area contributed by atoms with Crippen molar-refractivity contribution in [1.29, 1.82) is 0 Å². The average Bonchev–Trinajstić information content (AvgIpc) is 3.23. The predicted octanol–water partition coefficient (Wildman–Crippen LogP) is 4.75. The van der Waals surface area contributed by atoms with Crippen LogP contribution in [-0.2, 0) is 11.3 Å². The molecular formula is C25H27F2N3O3. The molecule has 1 aliphatic rings. The number of halogens is 2. The summed E-state index contributed by atoms with van der Waals surface area (Å²) in [5.41, 5.74) is 1.93. The maximum Gasteiger partial charge on any atom is 0.257 e. The molecule has 0 bridgehead atoms. The number of morpholine rings is 1. The van der Waals surface area contributed by atoms with Gasteiger partial charge in [-0.15, -0.1) is 0 Å². The molecule has 1 fully saturated rings. The maximum absolute atomic E-state index is 14.4. The monoisotopic (exact) mass is 455 g/mol. The number of rotatable bonds is 7. The molecule has 1 aliphatic heterocycles. The molecule has 174 valence electrons. The van der Waals surface area contributed by atoms with Crippen LogP contribution in [0.2, 0.25) is 0 Å². The van der Waals surface area contributed by atoms with Crippen molar-refractivity contribution in [2.45, 2.75) is 20.4 Å². The SMILES string of the molecule is CC(C)CN(Cc1c(-c2ccc(F)cc2)noc1N1CCOCC1)C(=O)c1ccccc1F. The highest BCUT2D eigenvalue weighted by Crippen LogP contribution is 2.33. The Morgan fingerprint density at radius 3 is 2.45 bits per heavy atom. The topological polar surface area (TPSA) is 58.8 Å². The number of amides is 1. The minimum atomic E-state index is -0.561. The summed E-state index contributed by atoms with van der Waals surface area (Å²) in [7, 11) is 0. The molecule has 1 aromatic heterocycles. The van der Waals surface area contributed by atoms with E-state index in [9.17, 15) is 13.6 Å². The van der Waals surface area contributed by atoms with Gasteiger partial charge in [-0.1, -0.05) is 31.1 Å². The van der Waals surface area contributed by atoms with E-state index in [4.69, 9.17) is 9.26 Å². The van der Waals surface area contributed by atoms with Crippen LogP contribution in [0, 0.1) is 17.6 Å². The molecule has 2 heterocycles. The fraction of sp³-hybridized carbons (Fsp3) is 0.360. The second kappa shape index (κ2) is 10.1. The van der Waals surface area contributed by atoms with E-state index in [1.165, 1.54) is 24.3 Å². The minimum absolute atomic E-state index is 0.0193. The lowest BCUT2D eigenvalue weighted by Gasteiger charge is -2.29. The van der Waals surface area contributed by atoms with Crippen LogP contribution in [0.1, 0.15) is 29.8 Å². The van der Waals surface area contributed by atoms with Gasteiger partial charge in [-0.05, 0) is 42.3 Å². The van der Waals surface area contributed by atoms with Gasteiger partial charge in [0, 0.05) is 25.2 Å². The number of hydrogen-bond acceptors (Lipinski definition) is 5. The van der Waals surface area contributed by atoms with Crippen molar-refractivity contribution in [2.24, 2.45) is 5.92 Å². The fourth-order valence-corrected chi connectivity index (χ4v) is 3.95. The lowest BCUT2D eigenvalue weighted by atomic mass is 10.0. The van der Waals surface area contributed by atoms with Gasteiger partial charge in [0.1, 0.15) is 17.3 Å². The molecule has 0 saturated carbocycles. The van der Waals surface area contributed by atoms with Crippen molar-refractivity contribution in [2.75, 3.05) is 37.7 Å². The van der Waals surface area contributed by atoms with Crippen LogP contribution in [0.25, 0.3) is 11.3 Å². The zero-order valence-corrected chi connectivity index (χ0v) is 18.8. The Morgan fingerprint density at radius 2 is 1.79 bits per heavy atom. The first-order chi connectivity index (χ1) is 15.9. The van der Waals surface area contributed by atoms with Crippen LogP contribution >= 0.6 is 0 Å². The summed E-state index contributed by atoms with van der Waals surface area (Å²) in [6.45, 7) is 6.94. The first kappa shape index (κ1) is 22.9. The quantitative estimate of drug-likeness (QED) is 0.514. The van der Waals surface area contributed by atoms with Crippen molar-refractivity contribution < 1.29 is 22.8 Å². The highest BCUT2D eigenvalue weighted by molar-refractivity contribution is 5.94. The molecule has 0 N–H and O–H groups in total. The van der Waals surface area contributed by atoms with Crippen LogP contribution < -0.4 is 4.90 Å². The molecule has 0 unspecified atom stereocenters.